The molecule has 0 aliphatic heterocycles. The average Bonchev–Trinajstić information content (AvgIpc) is 2.26. The first kappa shape index (κ1) is 16.5. The molecule has 0 saturated carbocycles. The molecule has 3 nitrogen and oxygen atoms in total. The lowest BCUT2D eigenvalue weighted by Crippen LogP contribution is -2.28. The van der Waals surface area contributed by atoms with Crippen molar-refractivity contribution in [3.63, 3.8) is 0 Å². The molecule has 0 aliphatic rings. The first-order valence-corrected chi connectivity index (χ1v) is 7.32. The summed E-state index contributed by atoms with van der Waals surface area (Å²) in [4.78, 5) is 12.1. The first-order chi connectivity index (χ1) is 9.17. The summed E-state index contributed by atoms with van der Waals surface area (Å²) in [5.74, 6) is 0.514. The van der Waals surface area contributed by atoms with Gasteiger partial charge < -0.3 is 11.1 Å². The van der Waals surface area contributed by atoms with Gasteiger partial charge in [-0.25, -0.2) is 0 Å². The molecule has 3 heteroatoms. The summed E-state index contributed by atoms with van der Waals surface area (Å²) >= 11 is 0. The second-order valence-electron chi connectivity index (χ2n) is 7.03. The highest BCUT2D eigenvalue weighted by Gasteiger charge is 2.18. The van der Waals surface area contributed by atoms with Gasteiger partial charge in [0.2, 0.25) is 5.91 Å². The van der Waals surface area contributed by atoms with Crippen LogP contribution in [-0.2, 0) is 4.79 Å². The Hall–Kier alpha value is -1.51. The predicted octanol–water partition coefficient (Wildman–Crippen LogP) is 3.91. The summed E-state index contributed by atoms with van der Waals surface area (Å²) < 4.78 is 0. The van der Waals surface area contributed by atoms with E-state index in [1.54, 1.807) is 0 Å². The van der Waals surface area contributed by atoms with Crippen molar-refractivity contribution in [2.75, 3.05) is 5.73 Å². The van der Waals surface area contributed by atoms with Crippen LogP contribution in [0.25, 0.3) is 0 Å². The highest BCUT2D eigenvalue weighted by Crippen LogP contribution is 2.26. The number of benzene rings is 1. The molecule has 0 saturated heterocycles. The van der Waals surface area contributed by atoms with Crippen molar-refractivity contribution in [2.24, 2.45) is 11.3 Å². The molecule has 0 fully saturated rings. The van der Waals surface area contributed by atoms with Crippen LogP contribution < -0.4 is 11.1 Å². The van der Waals surface area contributed by atoms with E-state index in [2.05, 4.69) is 33.0 Å². The van der Waals surface area contributed by atoms with Crippen molar-refractivity contribution >= 4 is 11.6 Å². The van der Waals surface area contributed by atoms with Crippen LogP contribution in [0.3, 0.4) is 0 Å². The second kappa shape index (κ2) is 6.78. The number of anilines is 1. The van der Waals surface area contributed by atoms with Crippen LogP contribution in [0.2, 0.25) is 0 Å². The molecule has 0 bridgehead atoms. The number of rotatable bonds is 5. The molecule has 0 radical (unpaired) electrons. The zero-order valence-corrected chi connectivity index (χ0v) is 13.4. The monoisotopic (exact) mass is 276 g/mol. The fraction of sp³-hybridized carbons (Fsp3) is 0.588. The second-order valence-corrected chi connectivity index (χ2v) is 7.03. The van der Waals surface area contributed by atoms with E-state index in [9.17, 15) is 4.79 Å². The molecule has 2 atom stereocenters. The Kier molecular flexibility index (Phi) is 5.61. The number of nitrogen functional groups attached to an aromatic ring is 1. The summed E-state index contributed by atoms with van der Waals surface area (Å²) in [7, 11) is 0. The summed E-state index contributed by atoms with van der Waals surface area (Å²) in [6.07, 6.45) is 1.63. The van der Waals surface area contributed by atoms with Crippen molar-refractivity contribution in [2.45, 2.75) is 53.5 Å². The normalized spacial score (nSPS) is 14.7. The molecule has 0 aliphatic carbocycles. The molecular weight excluding hydrogens is 248 g/mol. The summed E-state index contributed by atoms with van der Waals surface area (Å²) in [6, 6.07) is 7.66. The van der Waals surface area contributed by atoms with Crippen molar-refractivity contribution in [3.8, 4) is 0 Å². The van der Waals surface area contributed by atoms with E-state index in [4.69, 9.17) is 5.73 Å². The van der Waals surface area contributed by atoms with Gasteiger partial charge in [-0.1, -0.05) is 39.8 Å². The quantitative estimate of drug-likeness (QED) is 0.801. The summed E-state index contributed by atoms with van der Waals surface area (Å²) in [5.41, 5.74) is 7.75. The first-order valence-electron chi connectivity index (χ1n) is 7.32. The number of nitrogens with two attached hydrogens (primary N) is 1. The number of carbonyl (C=O) groups is 1. The van der Waals surface area contributed by atoms with E-state index in [0.29, 0.717) is 12.3 Å². The maximum Gasteiger partial charge on any atom is 0.220 e. The van der Waals surface area contributed by atoms with Gasteiger partial charge in [0.25, 0.3) is 0 Å². The van der Waals surface area contributed by atoms with Crippen molar-refractivity contribution in [1.29, 1.82) is 0 Å². The van der Waals surface area contributed by atoms with Crippen LogP contribution in [0.15, 0.2) is 24.3 Å². The Morgan fingerprint density at radius 1 is 1.20 bits per heavy atom. The Morgan fingerprint density at radius 2 is 1.75 bits per heavy atom. The van der Waals surface area contributed by atoms with Gasteiger partial charge in [-0.05, 0) is 42.4 Å². The van der Waals surface area contributed by atoms with Crippen molar-refractivity contribution < 1.29 is 4.79 Å². The van der Waals surface area contributed by atoms with Crippen LogP contribution in [-0.4, -0.2) is 5.91 Å². The SMILES string of the molecule is CC(CC(=O)NC(C)c1ccc(N)cc1)CC(C)(C)C. The average molecular weight is 276 g/mol. The molecule has 3 N–H and O–H groups in total. The third-order valence-corrected chi connectivity index (χ3v) is 3.31. The number of hydrogen-bond donors (Lipinski definition) is 2. The Labute approximate surface area is 122 Å². The van der Waals surface area contributed by atoms with Crippen LogP contribution in [0, 0.1) is 11.3 Å². The van der Waals surface area contributed by atoms with Crippen molar-refractivity contribution in [1.82, 2.24) is 5.32 Å². The lowest BCUT2D eigenvalue weighted by Gasteiger charge is -2.23. The van der Waals surface area contributed by atoms with E-state index >= 15 is 0 Å². The fourth-order valence-corrected chi connectivity index (χ4v) is 2.60. The summed E-state index contributed by atoms with van der Waals surface area (Å²) in [5, 5.41) is 3.05. The zero-order chi connectivity index (χ0) is 15.3. The van der Waals surface area contributed by atoms with E-state index in [1.165, 1.54) is 0 Å². The molecule has 0 spiro atoms. The fourth-order valence-electron chi connectivity index (χ4n) is 2.60. The smallest absolute Gasteiger partial charge is 0.220 e. The lowest BCUT2D eigenvalue weighted by molar-refractivity contribution is -0.122. The zero-order valence-electron chi connectivity index (χ0n) is 13.4. The maximum atomic E-state index is 12.1. The predicted molar refractivity (Wildman–Crippen MR) is 85.3 cm³/mol. The molecule has 1 amide bonds. The van der Waals surface area contributed by atoms with Gasteiger partial charge >= 0.3 is 0 Å². The molecule has 0 aromatic heterocycles. The van der Waals surface area contributed by atoms with Gasteiger partial charge in [-0.2, -0.15) is 0 Å². The van der Waals surface area contributed by atoms with E-state index in [0.717, 1.165) is 17.7 Å². The van der Waals surface area contributed by atoms with Crippen LogP contribution >= 0.6 is 0 Å². The highest BCUT2D eigenvalue weighted by atomic mass is 16.1. The van der Waals surface area contributed by atoms with Gasteiger partial charge in [-0.3, -0.25) is 4.79 Å². The van der Waals surface area contributed by atoms with Crippen LogP contribution in [0.5, 0.6) is 0 Å². The number of amides is 1. The standard InChI is InChI=1S/C17H28N2O/c1-12(11-17(3,4)5)10-16(20)19-13(2)14-6-8-15(18)9-7-14/h6-9,12-13H,10-11,18H2,1-5H3,(H,19,20). The minimum absolute atomic E-state index is 0.0185. The molecule has 0 heterocycles. The topological polar surface area (TPSA) is 55.1 Å². The van der Waals surface area contributed by atoms with Crippen molar-refractivity contribution in [3.05, 3.63) is 29.8 Å². The number of hydrogen-bond acceptors (Lipinski definition) is 2. The Balaban J connectivity index is 2.47. The number of nitrogens with one attached hydrogen (secondary N) is 1. The molecule has 1 aromatic rings. The highest BCUT2D eigenvalue weighted by molar-refractivity contribution is 5.76. The van der Waals surface area contributed by atoms with Gasteiger partial charge in [0.05, 0.1) is 6.04 Å². The van der Waals surface area contributed by atoms with Gasteiger partial charge in [0.1, 0.15) is 0 Å². The van der Waals surface area contributed by atoms with E-state index < -0.39 is 0 Å². The van der Waals surface area contributed by atoms with Gasteiger partial charge in [-0.15, -0.1) is 0 Å². The third-order valence-electron chi connectivity index (χ3n) is 3.31. The lowest BCUT2D eigenvalue weighted by atomic mass is 9.84. The minimum Gasteiger partial charge on any atom is -0.399 e. The molecule has 1 rings (SSSR count). The largest absolute Gasteiger partial charge is 0.399 e. The Morgan fingerprint density at radius 3 is 2.25 bits per heavy atom. The minimum atomic E-state index is 0.0185. The van der Waals surface area contributed by atoms with Crippen LogP contribution in [0.1, 0.15) is 59.1 Å². The van der Waals surface area contributed by atoms with E-state index in [-0.39, 0.29) is 17.4 Å². The molecule has 112 valence electrons. The van der Waals surface area contributed by atoms with Gasteiger partial charge in [0, 0.05) is 12.1 Å². The molecule has 2 unspecified atom stereocenters. The Bertz CT molecular complexity index is 431. The number of carbonyl (C=O) groups excluding carboxylic acids is 1. The maximum absolute atomic E-state index is 12.1. The summed E-state index contributed by atoms with van der Waals surface area (Å²) in [6.45, 7) is 10.8. The van der Waals surface area contributed by atoms with Gasteiger partial charge in [0.15, 0.2) is 0 Å². The van der Waals surface area contributed by atoms with E-state index in [1.807, 2.05) is 31.2 Å². The molecule has 1 aromatic carbocycles. The molecular formula is C17H28N2O. The molecule has 20 heavy (non-hydrogen) atoms. The van der Waals surface area contributed by atoms with Crippen LogP contribution in [0.4, 0.5) is 5.69 Å². The third kappa shape index (κ3) is 6.09.